The first-order chi connectivity index (χ1) is 14.5. The van der Waals surface area contributed by atoms with Crippen LogP contribution in [0.1, 0.15) is 21.7 Å². The number of rotatable bonds is 4. The van der Waals surface area contributed by atoms with Crippen molar-refractivity contribution in [1.29, 1.82) is 0 Å². The lowest BCUT2D eigenvalue weighted by molar-refractivity contribution is 0.0947. The largest absolute Gasteiger partial charge is 0.505 e. The van der Waals surface area contributed by atoms with Gasteiger partial charge in [-0.2, -0.15) is 5.10 Å². The fraction of sp³-hybridized carbons (Fsp3) is 0.0435. The topological polar surface area (TPSA) is 107 Å². The first-order valence-electron chi connectivity index (χ1n) is 9.25. The van der Waals surface area contributed by atoms with E-state index in [-0.39, 0.29) is 22.2 Å². The van der Waals surface area contributed by atoms with E-state index in [1.54, 1.807) is 13.0 Å². The number of hydrazone groups is 1. The van der Waals surface area contributed by atoms with E-state index in [0.717, 1.165) is 11.1 Å². The van der Waals surface area contributed by atoms with Crippen LogP contribution in [0.25, 0.3) is 22.0 Å². The second-order valence-electron chi connectivity index (χ2n) is 6.67. The number of aryl methyl sites for hydroxylation is 1. The van der Waals surface area contributed by atoms with Crippen LogP contribution >= 0.6 is 0 Å². The number of aromatic nitrogens is 2. The Kier molecular flexibility index (Phi) is 5.09. The van der Waals surface area contributed by atoms with Crippen LogP contribution in [0.15, 0.2) is 76.6 Å². The Bertz CT molecular complexity index is 1310. The third-order valence-electron chi connectivity index (χ3n) is 4.63. The smallest absolute Gasteiger partial charge is 0.291 e. The molecule has 0 aliphatic heterocycles. The lowest BCUT2D eigenvalue weighted by atomic mass is 10.0. The second kappa shape index (κ2) is 8.00. The average molecular weight is 398 g/mol. The highest BCUT2D eigenvalue weighted by Gasteiger charge is 2.19. The number of H-pyrrole nitrogens is 1. The Balaban J connectivity index is 1.74. The van der Waals surface area contributed by atoms with Crippen molar-refractivity contribution >= 4 is 22.9 Å². The van der Waals surface area contributed by atoms with E-state index >= 15 is 0 Å². The number of amides is 1. The van der Waals surface area contributed by atoms with Gasteiger partial charge in [-0.3, -0.25) is 14.6 Å². The number of carbonyl (C=O) groups excluding carboxylic acids is 1. The molecule has 3 N–H and O–H groups in total. The number of hydrogen-bond acceptors (Lipinski definition) is 5. The number of benzene rings is 2. The van der Waals surface area contributed by atoms with Gasteiger partial charge in [0.25, 0.3) is 11.5 Å². The van der Waals surface area contributed by atoms with Crippen molar-refractivity contribution in [3.8, 4) is 17.0 Å². The van der Waals surface area contributed by atoms with E-state index in [0.29, 0.717) is 11.4 Å². The highest BCUT2D eigenvalue weighted by atomic mass is 16.3. The molecule has 0 atom stereocenters. The van der Waals surface area contributed by atoms with Gasteiger partial charge in [-0.25, -0.2) is 5.43 Å². The summed E-state index contributed by atoms with van der Waals surface area (Å²) < 4.78 is 0. The third-order valence-corrected chi connectivity index (χ3v) is 4.63. The summed E-state index contributed by atoms with van der Waals surface area (Å²) in [6, 6.07) is 20.2. The number of carbonyl (C=O) groups is 1. The average Bonchev–Trinajstić information content (AvgIpc) is 2.77. The van der Waals surface area contributed by atoms with Gasteiger partial charge in [0.2, 0.25) is 0 Å². The normalized spacial score (nSPS) is 11.1. The minimum Gasteiger partial charge on any atom is -0.505 e. The lowest BCUT2D eigenvalue weighted by Gasteiger charge is -2.10. The molecule has 4 rings (SSSR count). The van der Waals surface area contributed by atoms with Gasteiger partial charge in [0.05, 0.1) is 23.0 Å². The van der Waals surface area contributed by atoms with E-state index in [4.69, 9.17) is 0 Å². The van der Waals surface area contributed by atoms with Crippen LogP contribution in [0.5, 0.6) is 5.75 Å². The molecule has 0 spiro atoms. The van der Waals surface area contributed by atoms with Crippen molar-refractivity contribution in [2.45, 2.75) is 6.92 Å². The molecule has 4 aromatic rings. The van der Waals surface area contributed by atoms with E-state index in [1.165, 1.54) is 6.21 Å². The van der Waals surface area contributed by atoms with Crippen LogP contribution < -0.4 is 11.0 Å². The summed E-state index contributed by atoms with van der Waals surface area (Å²) in [6.45, 7) is 1.69. The summed E-state index contributed by atoms with van der Waals surface area (Å²) in [5, 5.41) is 15.1. The first kappa shape index (κ1) is 19.1. The highest BCUT2D eigenvalue weighted by molar-refractivity contribution is 6.02. The summed E-state index contributed by atoms with van der Waals surface area (Å²) in [6.07, 6.45) is 1.47. The molecule has 7 nitrogen and oxygen atoms in total. The molecule has 2 aromatic carbocycles. The summed E-state index contributed by atoms with van der Waals surface area (Å²) in [5.41, 5.74) is 4.23. The van der Waals surface area contributed by atoms with Gasteiger partial charge in [0, 0.05) is 10.9 Å². The zero-order chi connectivity index (χ0) is 21.1. The van der Waals surface area contributed by atoms with Crippen molar-refractivity contribution in [2.24, 2.45) is 5.10 Å². The van der Waals surface area contributed by atoms with Crippen LogP contribution in [-0.2, 0) is 0 Å². The van der Waals surface area contributed by atoms with Gasteiger partial charge < -0.3 is 10.1 Å². The van der Waals surface area contributed by atoms with E-state index < -0.39 is 11.5 Å². The molecule has 148 valence electrons. The van der Waals surface area contributed by atoms with Crippen molar-refractivity contribution in [3.05, 3.63) is 94.0 Å². The van der Waals surface area contributed by atoms with Gasteiger partial charge in [-0.15, -0.1) is 0 Å². The van der Waals surface area contributed by atoms with Gasteiger partial charge in [-0.1, -0.05) is 60.7 Å². The zero-order valence-corrected chi connectivity index (χ0v) is 16.1. The highest BCUT2D eigenvalue weighted by Crippen LogP contribution is 2.30. The minimum atomic E-state index is -0.727. The number of aromatic hydroxyl groups is 1. The quantitative estimate of drug-likeness (QED) is 0.362. The van der Waals surface area contributed by atoms with Crippen LogP contribution in [0.2, 0.25) is 0 Å². The number of pyridine rings is 2. The number of nitrogens with one attached hydrogen (secondary N) is 2. The molecule has 7 heteroatoms. The maximum atomic E-state index is 12.6. The molecule has 0 aliphatic carbocycles. The molecule has 0 fully saturated rings. The molecule has 0 radical (unpaired) electrons. The monoisotopic (exact) mass is 398 g/mol. The Labute approximate surface area is 171 Å². The SMILES string of the molecule is Cc1nc(-c2ccccc2)cc2c(O)c(C(=O)N/N=C/c3ccccc3)[nH]c(=O)c12. The zero-order valence-electron chi connectivity index (χ0n) is 16.1. The van der Waals surface area contributed by atoms with Crippen LogP contribution in [0.3, 0.4) is 0 Å². The van der Waals surface area contributed by atoms with Crippen molar-refractivity contribution in [1.82, 2.24) is 15.4 Å². The molecule has 0 saturated carbocycles. The Hall–Kier alpha value is -4.26. The number of aromatic amines is 1. The maximum Gasteiger partial charge on any atom is 0.291 e. The van der Waals surface area contributed by atoms with E-state index in [1.807, 2.05) is 60.7 Å². The molecule has 0 bridgehead atoms. The van der Waals surface area contributed by atoms with Gasteiger partial charge in [0.1, 0.15) is 0 Å². The van der Waals surface area contributed by atoms with Gasteiger partial charge >= 0.3 is 0 Å². The standard InChI is InChI=1S/C23H18N4O3/c1-14-19-17(12-18(25-14)16-10-6-3-7-11-16)21(28)20(26-22(19)29)23(30)27-24-13-15-8-4-2-5-9-15/h2-13,28H,1H3,(H,26,29)(H,27,30)/b24-13+. The number of fused-ring (bicyclic) bond motifs is 1. The summed E-state index contributed by atoms with van der Waals surface area (Å²) in [4.78, 5) is 32.0. The second-order valence-corrected chi connectivity index (χ2v) is 6.67. The predicted octanol–water partition coefficient (Wildman–Crippen LogP) is 3.37. The predicted molar refractivity (Wildman–Crippen MR) is 116 cm³/mol. The Morgan fingerprint density at radius 1 is 1.10 bits per heavy atom. The number of nitrogens with zero attached hydrogens (tertiary/aromatic N) is 2. The Morgan fingerprint density at radius 2 is 1.77 bits per heavy atom. The fourth-order valence-corrected chi connectivity index (χ4v) is 3.20. The molecule has 30 heavy (non-hydrogen) atoms. The lowest BCUT2D eigenvalue weighted by Crippen LogP contribution is -2.23. The van der Waals surface area contributed by atoms with Gasteiger partial charge in [-0.05, 0) is 18.6 Å². The van der Waals surface area contributed by atoms with Crippen LogP contribution in [0, 0.1) is 6.92 Å². The molecule has 0 saturated heterocycles. The molecule has 2 heterocycles. The molecule has 0 aliphatic rings. The molecule has 0 unspecified atom stereocenters. The van der Waals surface area contributed by atoms with Gasteiger partial charge in [0.15, 0.2) is 11.4 Å². The first-order valence-corrected chi connectivity index (χ1v) is 9.25. The molecular formula is C23H18N4O3. The maximum absolute atomic E-state index is 12.6. The third kappa shape index (κ3) is 3.68. The molecule has 2 aromatic heterocycles. The Morgan fingerprint density at radius 3 is 2.47 bits per heavy atom. The summed E-state index contributed by atoms with van der Waals surface area (Å²) >= 11 is 0. The van der Waals surface area contributed by atoms with Crippen molar-refractivity contribution in [2.75, 3.05) is 0 Å². The van der Waals surface area contributed by atoms with Crippen molar-refractivity contribution < 1.29 is 9.90 Å². The molecule has 1 amide bonds. The van der Waals surface area contributed by atoms with Crippen LogP contribution in [0.4, 0.5) is 0 Å². The summed E-state index contributed by atoms with van der Waals surface area (Å²) in [5.74, 6) is -1.06. The van der Waals surface area contributed by atoms with E-state index in [9.17, 15) is 14.7 Å². The fourth-order valence-electron chi connectivity index (χ4n) is 3.20. The number of hydrogen-bond donors (Lipinski definition) is 3. The summed E-state index contributed by atoms with van der Waals surface area (Å²) in [7, 11) is 0. The van der Waals surface area contributed by atoms with Crippen molar-refractivity contribution in [3.63, 3.8) is 0 Å². The van der Waals surface area contributed by atoms with Crippen LogP contribution in [-0.4, -0.2) is 27.2 Å². The molecular weight excluding hydrogens is 380 g/mol. The minimum absolute atomic E-state index is 0.233. The van der Waals surface area contributed by atoms with E-state index in [2.05, 4.69) is 20.5 Å².